The second kappa shape index (κ2) is 5.01. The van der Waals surface area contributed by atoms with Gasteiger partial charge in [0, 0.05) is 12.1 Å². The van der Waals surface area contributed by atoms with Gasteiger partial charge in [0.1, 0.15) is 0 Å². The van der Waals surface area contributed by atoms with Gasteiger partial charge in [0.05, 0.1) is 5.71 Å². The van der Waals surface area contributed by atoms with Crippen molar-refractivity contribution in [2.75, 3.05) is 0 Å². The van der Waals surface area contributed by atoms with Crippen LogP contribution in [0, 0.1) is 0 Å². The van der Waals surface area contributed by atoms with Crippen molar-refractivity contribution in [3.05, 3.63) is 84.1 Å². The minimum atomic E-state index is 0.374. The summed E-state index contributed by atoms with van der Waals surface area (Å²) in [7, 11) is 0. The Morgan fingerprint density at radius 2 is 1.50 bits per heavy atom. The van der Waals surface area contributed by atoms with Gasteiger partial charge in [0.25, 0.3) is 0 Å². The lowest BCUT2D eigenvalue weighted by Crippen LogP contribution is -2.15. The second-order valence-corrected chi connectivity index (χ2v) is 4.46. The summed E-state index contributed by atoms with van der Waals surface area (Å²) in [6.07, 6.45) is 5.09. The van der Waals surface area contributed by atoms with Gasteiger partial charge >= 0.3 is 0 Å². The number of allylic oxidation sites excluding steroid dienone is 1. The molecule has 1 unspecified atom stereocenters. The quantitative estimate of drug-likeness (QED) is 0.738. The van der Waals surface area contributed by atoms with E-state index >= 15 is 0 Å². The van der Waals surface area contributed by atoms with E-state index < -0.39 is 0 Å². The minimum Gasteiger partial charge on any atom is -0.260 e. The largest absolute Gasteiger partial charge is 0.260 e. The van der Waals surface area contributed by atoms with E-state index in [1.54, 1.807) is 0 Å². The number of nitrogens with zero attached hydrogens (tertiary/aromatic N) is 1. The second-order valence-electron chi connectivity index (χ2n) is 4.46. The number of aliphatic imine (C=N–C) groups is 1. The van der Waals surface area contributed by atoms with Crippen LogP contribution < -0.4 is 0 Å². The summed E-state index contributed by atoms with van der Waals surface area (Å²) >= 11 is 0. The van der Waals surface area contributed by atoms with Crippen LogP contribution in [0.5, 0.6) is 0 Å². The Hall–Kier alpha value is -2.15. The fourth-order valence-electron chi connectivity index (χ4n) is 2.40. The monoisotopic (exact) mass is 233 g/mol. The van der Waals surface area contributed by atoms with Gasteiger partial charge in [0.15, 0.2) is 0 Å². The molecule has 0 aromatic heterocycles. The highest BCUT2D eigenvalue weighted by Gasteiger charge is 2.20. The molecule has 0 saturated heterocycles. The van der Waals surface area contributed by atoms with Crippen molar-refractivity contribution < 1.29 is 0 Å². The van der Waals surface area contributed by atoms with Gasteiger partial charge < -0.3 is 0 Å². The van der Waals surface area contributed by atoms with Crippen molar-refractivity contribution >= 4 is 5.71 Å². The molecule has 18 heavy (non-hydrogen) atoms. The molecular weight excluding hydrogens is 218 g/mol. The van der Waals surface area contributed by atoms with Crippen molar-refractivity contribution in [1.82, 2.24) is 0 Å². The van der Waals surface area contributed by atoms with E-state index in [-0.39, 0.29) is 0 Å². The molecule has 88 valence electrons. The summed E-state index contributed by atoms with van der Waals surface area (Å²) in [5, 5.41) is 0. The van der Waals surface area contributed by atoms with E-state index in [0.717, 1.165) is 6.42 Å². The van der Waals surface area contributed by atoms with E-state index in [1.165, 1.54) is 16.8 Å². The van der Waals surface area contributed by atoms with Crippen molar-refractivity contribution in [3.63, 3.8) is 0 Å². The zero-order valence-electron chi connectivity index (χ0n) is 10.2. The predicted octanol–water partition coefficient (Wildman–Crippen LogP) is 4.18. The van der Waals surface area contributed by atoms with Crippen LogP contribution in [0.25, 0.3) is 0 Å². The lowest BCUT2D eigenvalue weighted by Gasteiger charge is -2.21. The van der Waals surface area contributed by atoms with Gasteiger partial charge in [0.2, 0.25) is 0 Å². The number of hydrogen-bond donors (Lipinski definition) is 0. The maximum absolute atomic E-state index is 4.59. The molecule has 0 saturated carbocycles. The molecule has 0 spiro atoms. The first-order valence-corrected chi connectivity index (χ1v) is 6.28. The molecule has 0 fully saturated rings. The Kier molecular flexibility index (Phi) is 3.05. The maximum atomic E-state index is 4.59. The Morgan fingerprint density at radius 1 is 0.833 bits per heavy atom. The topological polar surface area (TPSA) is 12.4 Å². The van der Waals surface area contributed by atoms with Gasteiger partial charge in [-0.1, -0.05) is 66.7 Å². The third-order valence-corrected chi connectivity index (χ3v) is 3.29. The molecule has 3 rings (SSSR count). The molecule has 2 aromatic rings. The normalized spacial score (nSPS) is 18.4. The van der Waals surface area contributed by atoms with Gasteiger partial charge in [-0.2, -0.15) is 0 Å². The Labute approximate surface area is 108 Å². The average Bonchev–Trinajstić information content (AvgIpc) is 2.49. The van der Waals surface area contributed by atoms with E-state index in [1.807, 2.05) is 12.3 Å². The van der Waals surface area contributed by atoms with Gasteiger partial charge in [-0.05, 0) is 17.5 Å². The van der Waals surface area contributed by atoms with Gasteiger partial charge in [-0.15, -0.1) is 0 Å². The first-order chi connectivity index (χ1) is 8.95. The van der Waals surface area contributed by atoms with Crippen molar-refractivity contribution in [2.24, 2.45) is 4.99 Å². The van der Waals surface area contributed by atoms with Crippen LogP contribution >= 0.6 is 0 Å². The van der Waals surface area contributed by atoms with Gasteiger partial charge in [-0.25, -0.2) is 0 Å². The fourth-order valence-corrected chi connectivity index (χ4v) is 2.40. The van der Waals surface area contributed by atoms with Crippen molar-refractivity contribution in [2.45, 2.75) is 12.3 Å². The lowest BCUT2D eigenvalue weighted by atomic mass is 9.86. The van der Waals surface area contributed by atoms with Crippen LogP contribution in [0.15, 0.2) is 77.9 Å². The Bertz CT molecular complexity index is 567. The highest BCUT2D eigenvalue weighted by Crippen LogP contribution is 2.28. The highest BCUT2D eigenvalue weighted by atomic mass is 14.7. The Balaban J connectivity index is 2.01. The third-order valence-electron chi connectivity index (χ3n) is 3.29. The van der Waals surface area contributed by atoms with E-state index in [9.17, 15) is 0 Å². The molecule has 1 nitrogen and oxygen atoms in total. The molecule has 0 aliphatic carbocycles. The summed E-state index contributed by atoms with van der Waals surface area (Å²) in [6.45, 7) is 0. The zero-order valence-corrected chi connectivity index (χ0v) is 10.2. The smallest absolute Gasteiger partial charge is 0.0553 e. The molecule has 1 heterocycles. The molecule has 1 atom stereocenters. The molecule has 0 N–H and O–H groups in total. The van der Waals surface area contributed by atoms with Gasteiger partial charge in [-0.3, -0.25) is 4.99 Å². The molecule has 1 heteroatoms. The van der Waals surface area contributed by atoms with Crippen LogP contribution in [-0.4, -0.2) is 5.71 Å². The molecule has 0 bridgehead atoms. The molecule has 0 radical (unpaired) electrons. The lowest BCUT2D eigenvalue weighted by molar-refractivity contribution is 0.889. The predicted molar refractivity (Wildman–Crippen MR) is 75.9 cm³/mol. The number of benzene rings is 2. The molecular formula is C17H15N. The first-order valence-electron chi connectivity index (χ1n) is 6.28. The van der Waals surface area contributed by atoms with Crippen molar-refractivity contribution in [1.29, 1.82) is 0 Å². The van der Waals surface area contributed by atoms with Crippen LogP contribution in [0.4, 0.5) is 0 Å². The molecule has 1 aliphatic heterocycles. The van der Waals surface area contributed by atoms with Crippen molar-refractivity contribution in [3.8, 4) is 0 Å². The maximum Gasteiger partial charge on any atom is 0.0553 e. The highest BCUT2D eigenvalue weighted by molar-refractivity contribution is 6.06. The third kappa shape index (κ3) is 2.12. The Morgan fingerprint density at radius 3 is 2.22 bits per heavy atom. The average molecular weight is 233 g/mol. The first kappa shape index (κ1) is 11.0. The van der Waals surface area contributed by atoms with Crippen LogP contribution in [0.3, 0.4) is 0 Å². The van der Waals surface area contributed by atoms with E-state index in [0.29, 0.717) is 5.92 Å². The molecule has 1 aliphatic rings. The molecule has 2 aromatic carbocycles. The van der Waals surface area contributed by atoms with E-state index in [4.69, 9.17) is 0 Å². The van der Waals surface area contributed by atoms with Crippen LogP contribution in [-0.2, 0) is 0 Å². The summed E-state index contributed by atoms with van der Waals surface area (Å²) in [5.74, 6) is 0.374. The summed E-state index contributed by atoms with van der Waals surface area (Å²) in [4.78, 5) is 4.59. The summed E-state index contributed by atoms with van der Waals surface area (Å²) < 4.78 is 0. The van der Waals surface area contributed by atoms with E-state index in [2.05, 4.69) is 65.7 Å². The van der Waals surface area contributed by atoms with Crippen LogP contribution in [0.2, 0.25) is 0 Å². The van der Waals surface area contributed by atoms with Crippen LogP contribution in [0.1, 0.15) is 23.5 Å². The minimum absolute atomic E-state index is 0.374. The summed E-state index contributed by atoms with van der Waals surface area (Å²) in [5.41, 5.74) is 3.73. The fraction of sp³-hybridized carbons (Fsp3) is 0.118. The summed E-state index contributed by atoms with van der Waals surface area (Å²) in [6, 6.07) is 21.1. The zero-order chi connectivity index (χ0) is 12.2. The standard InChI is InChI=1S/C17H15N/c1-3-8-14(9-4-1)16-12-7-13-18-17(16)15-10-5-2-6-11-15/h1-11,13,16H,12H2. The SMILES string of the molecule is C1=CN=C(c2ccccc2)C(c2ccccc2)C1. The number of rotatable bonds is 2. The number of hydrogen-bond acceptors (Lipinski definition) is 1. The molecule has 0 amide bonds.